The van der Waals surface area contributed by atoms with E-state index in [1.165, 1.54) is 29.5 Å². The Kier molecular flexibility index (Phi) is 4.72. The fourth-order valence-corrected chi connectivity index (χ4v) is 3.11. The SMILES string of the molecule is Cc1ccc(N=C2NC(=O)C(=Cc3ccc(C(=O)O)cc3)S2)cc1C. The Hall–Kier alpha value is -2.86. The zero-order valence-corrected chi connectivity index (χ0v) is 14.6. The van der Waals surface area contributed by atoms with E-state index in [-0.39, 0.29) is 11.5 Å². The number of hydrogen-bond acceptors (Lipinski definition) is 4. The van der Waals surface area contributed by atoms with Gasteiger partial charge in [0.05, 0.1) is 16.2 Å². The highest BCUT2D eigenvalue weighted by Gasteiger charge is 2.23. The second-order valence-electron chi connectivity index (χ2n) is 5.68. The van der Waals surface area contributed by atoms with Crippen LogP contribution in [-0.2, 0) is 4.79 Å². The number of amides is 1. The Morgan fingerprint density at radius 3 is 2.48 bits per heavy atom. The molecule has 126 valence electrons. The summed E-state index contributed by atoms with van der Waals surface area (Å²) in [5.41, 5.74) is 4.10. The summed E-state index contributed by atoms with van der Waals surface area (Å²) in [6, 6.07) is 12.2. The number of aryl methyl sites for hydroxylation is 2. The number of carboxylic acid groups (broad SMARTS) is 1. The molecule has 3 rings (SSSR count). The van der Waals surface area contributed by atoms with Crippen molar-refractivity contribution in [3.63, 3.8) is 0 Å². The van der Waals surface area contributed by atoms with E-state index in [4.69, 9.17) is 5.11 Å². The van der Waals surface area contributed by atoms with Gasteiger partial charge in [0.1, 0.15) is 0 Å². The number of nitrogens with one attached hydrogen (secondary N) is 1. The van der Waals surface area contributed by atoms with Crippen molar-refractivity contribution in [2.45, 2.75) is 13.8 Å². The third-order valence-electron chi connectivity index (χ3n) is 3.83. The van der Waals surface area contributed by atoms with Crippen LogP contribution in [0.15, 0.2) is 52.4 Å². The van der Waals surface area contributed by atoms with Crippen LogP contribution in [0.2, 0.25) is 0 Å². The number of benzene rings is 2. The lowest BCUT2D eigenvalue weighted by atomic mass is 10.1. The van der Waals surface area contributed by atoms with Crippen molar-refractivity contribution in [2.24, 2.45) is 4.99 Å². The van der Waals surface area contributed by atoms with Crippen molar-refractivity contribution >= 4 is 40.6 Å². The second kappa shape index (κ2) is 6.94. The Labute approximate surface area is 149 Å². The topological polar surface area (TPSA) is 78.8 Å². The molecule has 5 nitrogen and oxygen atoms in total. The number of carboxylic acids is 1. The van der Waals surface area contributed by atoms with E-state index in [9.17, 15) is 9.59 Å². The first-order valence-electron chi connectivity index (χ1n) is 7.62. The smallest absolute Gasteiger partial charge is 0.335 e. The molecule has 2 aromatic rings. The summed E-state index contributed by atoms with van der Waals surface area (Å²) >= 11 is 1.26. The second-order valence-corrected chi connectivity index (χ2v) is 6.71. The average molecular weight is 352 g/mol. The van der Waals surface area contributed by atoms with Crippen LogP contribution >= 0.6 is 11.8 Å². The number of thioether (sulfide) groups is 1. The number of rotatable bonds is 3. The molecule has 0 bridgehead atoms. The normalized spacial score (nSPS) is 17.1. The Balaban J connectivity index is 1.80. The van der Waals surface area contributed by atoms with Gasteiger partial charge in [-0.05, 0) is 72.6 Å². The molecule has 6 heteroatoms. The molecule has 0 aromatic heterocycles. The molecular formula is C19H16N2O3S. The molecule has 1 aliphatic heterocycles. The van der Waals surface area contributed by atoms with Gasteiger partial charge >= 0.3 is 5.97 Å². The van der Waals surface area contributed by atoms with E-state index in [0.717, 1.165) is 16.8 Å². The molecule has 1 saturated heterocycles. The van der Waals surface area contributed by atoms with Crippen LogP contribution in [0.25, 0.3) is 6.08 Å². The van der Waals surface area contributed by atoms with Gasteiger partial charge in [-0.15, -0.1) is 0 Å². The molecule has 2 aromatic carbocycles. The van der Waals surface area contributed by atoms with Gasteiger partial charge in [0.2, 0.25) is 0 Å². The van der Waals surface area contributed by atoms with Crippen molar-refractivity contribution in [2.75, 3.05) is 0 Å². The van der Waals surface area contributed by atoms with Gasteiger partial charge < -0.3 is 10.4 Å². The fraction of sp³-hybridized carbons (Fsp3) is 0.105. The number of aliphatic imine (C=N–C) groups is 1. The number of carbonyl (C=O) groups excluding carboxylic acids is 1. The molecule has 0 unspecified atom stereocenters. The third-order valence-corrected chi connectivity index (χ3v) is 4.74. The average Bonchev–Trinajstić information content (AvgIpc) is 2.91. The zero-order chi connectivity index (χ0) is 18.0. The summed E-state index contributed by atoms with van der Waals surface area (Å²) in [5, 5.41) is 12.2. The zero-order valence-electron chi connectivity index (χ0n) is 13.7. The summed E-state index contributed by atoms with van der Waals surface area (Å²) in [6.45, 7) is 4.06. The number of hydrogen-bond donors (Lipinski definition) is 2. The first-order chi connectivity index (χ1) is 11.9. The van der Waals surface area contributed by atoms with Gasteiger partial charge in [-0.25, -0.2) is 9.79 Å². The van der Waals surface area contributed by atoms with E-state index in [1.54, 1.807) is 18.2 Å². The van der Waals surface area contributed by atoms with E-state index < -0.39 is 5.97 Å². The molecule has 1 amide bonds. The van der Waals surface area contributed by atoms with Gasteiger partial charge in [-0.3, -0.25) is 4.79 Å². The summed E-state index contributed by atoms with van der Waals surface area (Å²) in [6.07, 6.45) is 1.72. The Morgan fingerprint density at radius 1 is 1.12 bits per heavy atom. The van der Waals surface area contributed by atoms with Crippen molar-refractivity contribution < 1.29 is 14.7 Å². The van der Waals surface area contributed by atoms with E-state index in [1.807, 2.05) is 32.0 Å². The monoisotopic (exact) mass is 352 g/mol. The van der Waals surface area contributed by atoms with Crippen molar-refractivity contribution in [1.29, 1.82) is 0 Å². The van der Waals surface area contributed by atoms with Crippen LogP contribution < -0.4 is 5.32 Å². The van der Waals surface area contributed by atoms with Crippen LogP contribution in [0.1, 0.15) is 27.0 Å². The highest BCUT2D eigenvalue weighted by molar-refractivity contribution is 8.18. The lowest BCUT2D eigenvalue weighted by Gasteiger charge is -2.01. The summed E-state index contributed by atoms with van der Waals surface area (Å²) in [7, 11) is 0. The standard InChI is InChI=1S/C19H16N2O3S/c1-11-3-8-15(9-12(11)2)20-19-21-17(22)16(25-19)10-13-4-6-14(7-5-13)18(23)24/h3-10H,1-2H3,(H,23,24)(H,20,21,22). The maximum Gasteiger partial charge on any atom is 0.335 e. The number of aromatic carboxylic acids is 1. The number of nitrogens with zero attached hydrogens (tertiary/aromatic N) is 1. The summed E-state index contributed by atoms with van der Waals surface area (Å²) in [4.78, 5) is 28.0. The Bertz CT molecular complexity index is 915. The molecule has 0 saturated carbocycles. The molecule has 25 heavy (non-hydrogen) atoms. The first-order valence-corrected chi connectivity index (χ1v) is 8.44. The molecule has 1 aliphatic rings. The first kappa shape index (κ1) is 17.0. The van der Waals surface area contributed by atoms with E-state index in [0.29, 0.717) is 10.1 Å². The van der Waals surface area contributed by atoms with Gasteiger partial charge in [-0.2, -0.15) is 0 Å². The van der Waals surface area contributed by atoms with Gasteiger partial charge in [0.25, 0.3) is 5.91 Å². The van der Waals surface area contributed by atoms with Crippen LogP contribution in [0.5, 0.6) is 0 Å². The van der Waals surface area contributed by atoms with Gasteiger partial charge in [0, 0.05) is 0 Å². The van der Waals surface area contributed by atoms with Crippen molar-refractivity contribution in [3.8, 4) is 0 Å². The lowest BCUT2D eigenvalue weighted by molar-refractivity contribution is -0.115. The fourth-order valence-electron chi connectivity index (χ4n) is 2.27. The molecule has 0 aliphatic carbocycles. The van der Waals surface area contributed by atoms with Crippen LogP contribution in [0, 0.1) is 13.8 Å². The third kappa shape index (κ3) is 3.97. The quantitative estimate of drug-likeness (QED) is 0.821. The minimum Gasteiger partial charge on any atom is -0.478 e. The van der Waals surface area contributed by atoms with Crippen LogP contribution in [0.4, 0.5) is 5.69 Å². The molecule has 2 N–H and O–H groups in total. The Morgan fingerprint density at radius 2 is 1.84 bits per heavy atom. The van der Waals surface area contributed by atoms with E-state index in [2.05, 4.69) is 10.3 Å². The molecular weight excluding hydrogens is 336 g/mol. The molecule has 1 heterocycles. The lowest BCUT2D eigenvalue weighted by Crippen LogP contribution is -2.19. The van der Waals surface area contributed by atoms with Crippen LogP contribution in [0.3, 0.4) is 0 Å². The van der Waals surface area contributed by atoms with E-state index >= 15 is 0 Å². The van der Waals surface area contributed by atoms with Crippen molar-refractivity contribution in [3.05, 3.63) is 69.6 Å². The highest BCUT2D eigenvalue weighted by atomic mass is 32.2. The summed E-state index contributed by atoms with van der Waals surface area (Å²) < 4.78 is 0. The van der Waals surface area contributed by atoms with Gasteiger partial charge in [-0.1, -0.05) is 18.2 Å². The minimum absolute atomic E-state index is 0.211. The molecule has 0 atom stereocenters. The predicted molar refractivity (Wildman–Crippen MR) is 100 cm³/mol. The molecule has 0 radical (unpaired) electrons. The predicted octanol–water partition coefficient (Wildman–Crippen LogP) is 3.89. The minimum atomic E-state index is -0.977. The molecule has 1 fully saturated rings. The summed E-state index contributed by atoms with van der Waals surface area (Å²) in [5.74, 6) is -1.19. The molecule has 0 spiro atoms. The number of carbonyl (C=O) groups is 2. The largest absolute Gasteiger partial charge is 0.478 e. The van der Waals surface area contributed by atoms with Crippen LogP contribution in [-0.4, -0.2) is 22.2 Å². The maximum atomic E-state index is 12.1. The van der Waals surface area contributed by atoms with Crippen molar-refractivity contribution in [1.82, 2.24) is 5.32 Å². The number of amidine groups is 1. The highest BCUT2D eigenvalue weighted by Crippen LogP contribution is 2.28. The van der Waals surface area contributed by atoms with Gasteiger partial charge in [0.15, 0.2) is 5.17 Å². The maximum absolute atomic E-state index is 12.1.